The van der Waals surface area contributed by atoms with E-state index in [9.17, 15) is 9.59 Å². The number of benzene rings is 2. The summed E-state index contributed by atoms with van der Waals surface area (Å²) in [5.41, 5.74) is 5.17. The number of hydrazine groups is 1. The highest BCUT2D eigenvalue weighted by Gasteiger charge is 2.17. The fourth-order valence-electron chi connectivity index (χ4n) is 2.18. The highest BCUT2D eigenvalue weighted by Crippen LogP contribution is 2.34. The third-order valence-corrected chi connectivity index (χ3v) is 5.58. The number of hydrogen-bond donors (Lipinski definition) is 3. The molecular formula is C17H11Cl2N3O2S2. The number of thiophene rings is 1. The zero-order chi connectivity index (χ0) is 18.7. The van der Waals surface area contributed by atoms with Crippen molar-refractivity contribution in [2.75, 3.05) is 0 Å². The van der Waals surface area contributed by atoms with Gasteiger partial charge in [-0.3, -0.25) is 25.8 Å². The maximum absolute atomic E-state index is 12.3. The van der Waals surface area contributed by atoms with E-state index in [1.165, 1.54) is 11.3 Å². The van der Waals surface area contributed by atoms with Crippen LogP contribution in [0.25, 0.3) is 10.1 Å². The van der Waals surface area contributed by atoms with E-state index in [1.54, 1.807) is 24.3 Å². The molecule has 0 fully saturated rings. The van der Waals surface area contributed by atoms with E-state index in [-0.39, 0.29) is 10.7 Å². The molecule has 3 aromatic rings. The van der Waals surface area contributed by atoms with E-state index < -0.39 is 11.8 Å². The van der Waals surface area contributed by atoms with Crippen LogP contribution in [0.4, 0.5) is 0 Å². The minimum absolute atomic E-state index is 0.0690. The highest BCUT2D eigenvalue weighted by molar-refractivity contribution is 7.80. The third kappa shape index (κ3) is 3.96. The Balaban J connectivity index is 1.62. The molecule has 0 radical (unpaired) electrons. The SMILES string of the molecule is O=C(NC(=S)NNC(=O)c1sc2ccccc2c1Cl)c1ccccc1Cl. The molecule has 0 unspecified atom stereocenters. The number of fused-ring (bicyclic) bond motifs is 1. The van der Waals surface area contributed by atoms with Gasteiger partial charge >= 0.3 is 0 Å². The second-order valence-corrected chi connectivity index (χ2v) is 7.33. The van der Waals surface area contributed by atoms with Gasteiger partial charge in [-0.1, -0.05) is 53.5 Å². The van der Waals surface area contributed by atoms with Crippen molar-refractivity contribution in [3.05, 3.63) is 69.0 Å². The van der Waals surface area contributed by atoms with Crippen molar-refractivity contribution in [2.24, 2.45) is 0 Å². The van der Waals surface area contributed by atoms with Crippen molar-refractivity contribution in [3.8, 4) is 0 Å². The maximum Gasteiger partial charge on any atom is 0.281 e. The molecule has 0 atom stereocenters. The summed E-state index contributed by atoms with van der Waals surface area (Å²) >= 11 is 18.5. The van der Waals surface area contributed by atoms with E-state index in [0.717, 1.165) is 10.1 Å². The Hall–Kier alpha value is -2.19. The largest absolute Gasteiger partial charge is 0.298 e. The third-order valence-electron chi connectivity index (χ3n) is 3.38. The van der Waals surface area contributed by atoms with Crippen molar-refractivity contribution < 1.29 is 9.59 Å². The first-order valence-corrected chi connectivity index (χ1v) is 9.28. The number of hydrogen-bond acceptors (Lipinski definition) is 4. The second-order valence-electron chi connectivity index (χ2n) is 5.08. The Labute approximate surface area is 168 Å². The summed E-state index contributed by atoms with van der Waals surface area (Å²) in [5, 5.41) is 3.84. The Morgan fingerprint density at radius 3 is 2.35 bits per heavy atom. The van der Waals surface area contributed by atoms with Gasteiger partial charge < -0.3 is 0 Å². The molecule has 3 rings (SSSR count). The minimum Gasteiger partial charge on any atom is -0.298 e. The molecular weight excluding hydrogens is 413 g/mol. The number of thiocarbonyl (C=S) groups is 1. The Kier molecular flexibility index (Phi) is 5.73. The summed E-state index contributed by atoms with van der Waals surface area (Å²) in [4.78, 5) is 24.8. The van der Waals surface area contributed by atoms with E-state index in [2.05, 4.69) is 16.2 Å². The maximum atomic E-state index is 12.3. The standard InChI is InChI=1S/C17H11Cl2N3O2S2/c18-11-7-3-1-5-9(11)15(23)20-17(25)22-21-16(24)14-13(19)10-6-2-4-8-12(10)26-14/h1-8H,(H,21,24)(H2,20,22,23,25). The van der Waals surface area contributed by atoms with Crippen LogP contribution in [0.1, 0.15) is 20.0 Å². The van der Waals surface area contributed by atoms with Gasteiger partial charge in [0.2, 0.25) is 0 Å². The van der Waals surface area contributed by atoms with Crippen molar-refractivity contribution in [3.63, 3.8) is 0 Å². The molecule has 0 saturated carbocycles. The molecule has 132 valence electrons. The van der Waals surface area contributed by atoms with E-state index in [0.29, 0.717) is 14.9 Å². The van der Waals surface area contributed by atoms with Crippen LogP contribution in [-0.2, 0) is 0 Å². The van der Waals surface area contributed by atoms with Crippen LogP contribution in [0.15, 0.2) is 48.5 Å². The topological polar surface area (TPSA) is 70.2 Å². The molecule has 0 bridgehead atoms. The summed E-state index contributed by atoms with van der Waals surface area (Å²) in [6.07, 6.45) is 0. The van der Waals surface area contributed by atoms with Crippen LogP contribution >= 0.6 is 46.8 Å². The average molecular weight is 424 g/mol. The van der Waals surface area contributed by atoms with Crippen LogP contribution in [0.5, 0.6) is 0 Å². The van der Waals surface area contributed by atoms with Crippen LogP contribution in [0, 0.1) is 0 Å². The van der Waals surface area contributed by atoms with E-state index >= 15 is 0 Å². The monoisotopic (exact) mass is 423 g/mol. The van der Waals surface area contributed by atoms with Gasteiger partial charge in [0.05, 0.1) is 15.6 Å². The lowest BCUT2D eigenvalue weighted by atomic mass is 10.2. The fourth-order valence-corrected chi connectivity index (χ4v) is 3.95. The van der Waals surface area contributed by atoms with Gasteiger partial charge in [-0.2, -0.15) is 0 Å². The van der Waals surface area contributed by atoms with Crippen molar-refractivity contribution in [1.29, 1.82) is 0 Å². The molecule has 1 aromatic heterocycles. The number of carbonyl (C=O) groups is 2. The first-order valence-electron chi connectivity index (χ1n) is 7.30. The predicted octanol–water partition coefficient (Wildman–Crippen LogP) is 4.16. The average Bonchev–Trinajstić information content (AvgIpc) is 2.97. The normalized spacial score (nSPS) is 10.4. The fraction of sp³-hybridized carbons (Fsp3) is 0. The number of halogens is 2. The second kappa shape index (κ2) is 8.01. The summed E-state index contributed by atoms with van der Waals surface area (Å²) in [6, 6.07) is 14.0. The zero-order valence-electron chi connectivity index (χ0n) is 13.0. The van der Waals surface area contributed by atoms with Crippen molar-refractivity contribution in [1.82, 2.24) is 16.2 Å². The summed E-state index contributed by atoms with van der Waals surface area (Å²) < 4.78 is 0.900. The molecule has 26 heavy (non-hydrogen) atoms. The lowest BCUT2D eigenvalue weighted by molar-refractivity contribution is 0.0938. The van der Waals surface area contributed by atoms with E-state index in [1.807, 2.05) is 24.3 Å². The first kappa shape index (κ1) is 18.6. The van der Waals surface area contributed by atoms with Gasteiger partial charge in [0.15, 0.2) is 5.11 Å². The molecule has 1 heterocycles. The molecule has 5 nitrogen and oxygen atoms in total. The Bertz CT molecular complexity index is 1020. The Morgan fingerprint density at radius 2 is 1.62 bits per heavy atom. The zero-order valence-corrected chi connectivity index (χ0v) is 16.2. The number of nitrogens with one attached hydrogen (secondary N) is 3. The molecule has 9 heteroatoms. The van der Waals surface area contributed by atoms with Gasteiger partial charge in [0, 0.05) is 10.1 Å². The van der Waals surface area contributed by atoms with Crippen LogP contribution < -0.4 is 16.2 Å². The highest BCUT2D eigenvalue weighted by atomic mass is 35.5. The molecule has 0 saturated heterocycles. The number of rotatable bonds is 2. The summed E-state index contributed by atoms with van der Waals surface area (Å²) in [6.45, 7) is 0. The lowest BCUT2D eigenvalue weighted by Gasteiger charge is -2.11. The smallest absolute Gasteiger partial charge is 0.281 e. The molecule has 2 amide bonds. The van der Waals surface area contributed by atoms with Gasteiger partial charge in [0.1, 0.15) is 4.88 Å². The quantitative estimate of drug-likeness (QED) is 0.427. The van der Waals surface area contributed by atoms with Gasteiger partial charge in [0.25, 0.3) is 11.8 Å². The molecule has 2 aromatic carbocycles. The van der Waals surface area contributed by atoms with Crippen LogP contribution in [0.2, 0.25) is 10.0 Å². The molecule has 0 aliphatic heterocycles. The van der Waals surface area contributed by atoms with Gasteiger partial charge in [-0.15, -0.1) is 11.3 Å². The van der Waals surface area contributed by atoms with E-state index in [4.69, 9.17) is 35.4 Å². The van der Waals surface area contributed by atoms with Crippen molar-refractivity contribution >= 4 is 73.8 Å². The minimum atomic E-state index is -0.484. The van der Waals surface area contributed by atoms with Crippen LogP contribution in [-0.4, -0.2) is 16.9 Å². The lowest BCUT2D eigenvalue weighted by Crippen LogP contribution is -2.48. The van der Waals surface area contributed by atoms with Crippen molar-refractivity contribution in [2.45, 2.75) is 0 Å². The Morgan fingerprint density at radius 1 is 0.923 bits per heavy atom. The first-order chi connectivity index (χ1) is 12.5. The number of amides is 2. The predicted molar refractivity (Wildman–Crippen MR) is 109 cm³/mol. The molecule has 0 spiro atoms. The van der Waals surface area contributed by atoms with Gasteiger partial charge in [-0.25, -0.2) is 0 Å². The molecule has 0 aliphatic rings. The summed E-state index contributed by atoms with van der Waals surface area (Å²) in [5.74, 6) is -0.937. The van der Waals surface area contributed by atoms with Gasteiger partial charge in [-0.05, 0) is 30.4 Å². The molecule has 3 N–H and O–H groups in total. The van der Waals surface area contributed by atoms with Crippen LogP contribution in [0.3, 0.4) is 0 Å². The molecule has 0 aliphatic carbocycles. The summed E-state index contributed by atoms with van der Waals surface area (Å²) in [7, 11) is 0. The number of carbonyl (C=O) groups excluding carboxylic acids is 2.